The minimum Gasteiger partial charge on any atom is -0.496 e. The molecule has 1 N–H and O–H groups in total. The van der Waals surface area contributed by atoms with Crippen molar-refractivity contribution < 1.29 is 4.74 Å². The number of rotatable bonds is 6. The van der Waals surface area contributed by atoms with Crippen LogP contribution in [-0.2, 0) is 13.1 Å². The van der Waals surface area contributed by atoms with Crippen molar-refractivity contribution in [2.75, 3.05) is 13.7 Å². The summed E-state index contributed by atoms with van der Waals surface area (Å²) in [7, 11) is 1.70. The van der Waals surface area contributed by atoms with Crippen LogP contribution in [0.4, 0.5) is 0 Å². The number of nitrogens with zero attached hydrogens (tertiary/aromatic N) is 3. The maximum absolute atomic E-state index is 5.46. The van der Waals surface area contributed by atoms with Crippen LogP contribution in [0.1, 0.15) is 35.0 Å². The molecule has 0 aliphatic rings. The second-order valence-corrected chi connectivity index (χ2v) is 5.24. The summed E-state index contributed by atoms with van der Waals surface area (Å²) < 4.78 is 7.46. The number of aryl methyl sites for hydroxylation is 1. The van der Waals surface area contributed by atoms with Crippen molar-refractivity contribution in [3.63, 3.8) is 0 Å². The molecule has 0 amide bonds. The fourth-order valence-electron chi connectivity index (χ4n) is 2.45. The summed E-state index contributed by atoms with van der Waals surface area (Å²) in [5.74, 6) is 0.915. The van der Waals surface area contributed by atoms with Gasteiger partial charge in [0.1, 0.15) is 5.75 Å². The molecule has 2 aromatic heterocycles. The number of aromatic nitrogens is 3. The van der Waals surface area contributed by atoms with Gasteiger partial charge in [-0.25, -0.2) is 0 Å². The van der Waals surface area contributed by atoms with Crippen molar-refractivity contribution in [2.24, 2.45) is 0 Å². The Morgan fingerprint density at radius 1 is 1.24 bits per heavy atom. The summed E-state index contributed by atoms with van der Waals surface area (Å²) in [5.41, 5.74) is 5.55. The summed E-state index contributed by atoms with van der Waals surface area (Å²) in [6.45, 7) is 10.7. The van der Waals surface area contributed by atoms with E-state index in [1.165, 1.54) is 11.3 Å². The molecule has 5 heteroatoms. The molecule has 0 saturated heterocycles. The van der Waals surface area contributed by atoms with Gasteiger partial charge < -0.3 is 10.1 Å². The van der Waals surface area contributed by atoms with Gasteiger partial charge in [-0.05, 0) is 27.3 Å². The Bertz CT molecular complexity index is 619. The number of nitrogens with one attached hydrogen (secondary N) is 1. The van der Waals surface area contributed by atoms with Crippen molar-refractivity contribution in [3.05, 3.63) is 40.5 Å². The number of hydrogen-bond acceptors (Lipinski definition) is 4. The van der Waals surface area contributed by atoms with Crippen LogP contribution in [0, 0.1) is 20.8 Å². The van der Waals surface area contributed by atoms with Crippen LogP contribution >= 0.6 is 0 Å². The molecule has 5 nitrogen and oxygen atoms in total. The van der Waals surface area contributed by atoms with E-state index in [9.17, 15) is 0 Å². The first-order chi connectivity index (χ1) is 10.1. The lowest BCUT2D eigenvalue weighted by Gasteiger charge is -2.13. The van der Waals surface area contributed by atoms with E-state index in [0.717, 1.165) is 35.7 Å². The van der Waals surface area contributed by atoms with Crippen molar-refractivity contribution in [2.45, 2.75) is 40.8 Å². The van der Waals surface area contributed by atoms with Gasteiger partial charge in [0.2, 0.25) is 0 Å². The highest BCUT2D eigenvalue weighted by molar-refractivity contribution is 5.41. The Labute approximate surface area is 126 Å². The SMILES string of the molecule is CCNCc1cnn(Cc2ncc(C)c(OC)c2C)c1C. The van der Waals surface area contributed by atoms with Gasteiger partial charge in [0.25, 0.3) is 0 Å². The lowest BCUT2D eigenvalue weighted by atomic mass is 10.1. The molecule has 114 valence electrons. The Morgan fingerprint density at radius 3 is 2.67 bits per heavy atom. The third kappa shape index (κ3) is 3.24. The fourth-order valence-corrected chi connectivity index (χ4v) is 2.45. The molecular formula is C16H24N4O. The van der Waals surface area contributed by atoms with Crippen molar-refractivity contribution in [1.29, 1.82) is 0 Å². The van der Waals surface area contributed by atoms with Crippen LogP contribution in [0.5, 0.6) is 5.75 Å². The number of pyridine rings is 1. The van der Waals surface area contributed by atoms with Gasteiger partial charge in [-0.15, -0.1) is 0 Å². The van der Waals surface area contributed by atoms with E-state index in [1.807, 2.05) is 30.9 Å². The minimum absolute atomic E-state index is 0.667. The molecule has 0 aliphatic carbocycles. The van der Waals surface area contributed by atoms with Gasteiger partial charge in [-0.2, -0.15) is 5.10 Å². The quantitative estimate of drug-likeness (QED) is 0.886. The second kappa shape index (κ2) is 6.72. The number of ether oxygens (including phenoxy) is 1. The van der Waals surface area contributed by atoms with Gasteiger partial charge in [0.15, 0.2) is 0 Å². The van der Waals surface area contributed by atoms with Gasteiger partial charge in [-0.3, -0.25) is 9.67 Å². The first-order valence-electron chi connectivity index (χ1n) is 7.29. The highest BCUT2D eigenvalue weighted by atomic mass is 16.5. The van der Waals surface area contributed by atoms with E-state index >= 15 is 0 Å². The molecule has 0 aliphatic heterocycles. The zero-order chi connectivity index (χ0) is 15.4. The molecule has 0 bridgehead atoms. The van der Waals surface area contributed by atoms with Crippen LogP contribution < -0.4 is 10.1 Å². The predicted octanol–water partition coefficient (Wildman–Crippen LogP) is 2.37. The van der Waals surface area contributed by atoms with Gasteiger partial charge in [-0.1, -0.05) is 6.92 Å². The first-order valence-corrected chi connectivity index (χ1v) is 7.29. The molecule has 0 fully saturated rings. The van der Waals surface area contributed by atoms with Crippen molar-refractivity contribution in [1.82, 2.24) is 20.1 Å². The van der Waals surface area contributed by atoms with Crippen LogP contribution in [0.2, 0.25) is 0 Å². The van der Waals surface area contributed by atoms with Crippen LogP contribution in [0.25, 0.3) is 0 Å². The van der Waals surface area contributed by atoms with Gasteiger partial charge >= 0.3 is 0 Å². The van der Waals surface area contributed by atoms with E-state index < -0.39 is 0 Å². The third-order valence-corrected chi connectivity index (χ3v) is 3.82. The smallest absolute Gasteiger partial charge is 0.128 e. The maximum Gasteiger partial charge on any atom is 0.128 e. The summed E-state index contributed by atoms with van der Waals surface area (Å²) in [6.07, 6.45) is 3.79. The van der Waals surface area contributed by atoms with E-state index in [0.29, 0.717) is 6.54 Å². The number of methoxy groups -OCH3 is 1. The second-order valence-electron chi connectivity index (χ2n) is 5.24. The molecule has 0 unspecified atom stereocenters. The average Bonchev–Trinajstić information content (AvgIpc) is 2.81. The van der Waals surface area contributed by atoms with E-state index in [4.69, 9.17) is 4.74 Å². The summed E-state index contributed by atoms with van der Waals surface area (Å²) >= 11 is 0. The van der Waals surface area contributed by atoms with E-state index in [2.05, 4.69) is 29.2 Å². The summed E-state index contributed by atoms with van der Waals surface area (Å²) in [4.78, 5) is 4.54. The molecule has 2 rings (SSSR count). The molecule has 2 aromatic rings. The Hall–Kier alpha value is -1.88. The Kier molecular flexibility index (Phi) is 4.96. The van der Waals surface area contributed by atoms with Crippen molar-refractivity contribution in [3.8, 4) is 5.75 Å². The zero-order valence-electron chi connectivity index (χ0n) is 13.5. The molecule has 2 heterocycles. The average molecular weight is 288 g/mol. The lowest BCUT2D eigenvalue weighted by Crippen LogP contribution is -2.13. The van der Waals surface area contributed by atoms with Gasteiger partial charge in [0, 0.05) is 35.1 Å². The molecule has 0 atom stereocenters. The molecule has 0 radical (unpaired) electrons. The normalized spacial score (nSPS) is 10.9. The third-order valence-electron chi connectivity index (χ3n) is 3.82. The highest BCUT2D eigenvalue weighted by Crippen LogP contribution is 2.24. The van der Waals surface area contributed by atoms with E-state index in [1.54, 1.807) is 7.11 Å². The molecule has 0 aromatic carbocycles. The van der Waals surface area contributed by atoms with Crippen LogP contribution in [-0.4, -0.2) is 28.4 Å². The summed E-state index contributed by atoms with van der Waals surface area (Å²) in [6, 6.07) is 0. The lowest BCUT2D eigenvalue weighted by molar-refractivity contribution is 0.406. The molecule has 0 spiro atoms. The Morgan fingerprint density at radius 2 is 2.00 bits per heavy atom. The Balaban J connectivity index is 2.25. The maximum atomic E-state index is 5.46. The minimum atomic E-state index is 0.667. The van der Waals surface area contributed by atoms with Crippen LogP contribution in [0.15, 0.2) is 12.4 Å². The predicted molar refractivity (Wildman–Crippen MR) is 83.7 cm³/mol. The zero-order valence-corrected chi connectivity index (χ0v) is 13.5. The van der Waals surface area contributed by atoms with Crippen LogP contribution in [0.3, 0.4) is 0 Å². The number of hydrogen-bond donors (Lipinski definition) is 1. The monoisotopic (exact) mass is 288 g/mol. The summed E-state index contributed by atoms with van der Waals surface area (Å²) in [5, 5.41) is 7.81. The molecule has 0 saturated carbocycles. The molecule has 21 heavy (non-hydrogen) atoms. The van der Waals surface area contributed by atoms with Crippen molar-refractivity contribution >= 4 is 0 Å². The highest BCUT2D eigenvalue weighted by Gasteiger charge is 2.12. The van der Waals surface area contributed by atoms with Gasteiger partial charge in [0.05, 0.1) is 25.5 Å². The largest absolute Gasteiger partial charge is 0.496 e. The topological polar surface area (TPSA) is 52.0 Å². The fraction of sp³-hybridized carbons (Fsp3) is 0.500. The standard InChI is InChI=1S/C16H24N4O/c1-6-17-8-14-9-19-20(13(14)4)10-15-12(3)16(21-5)11(2)7-18-15/h7,9,17H,6,8,10H2,1-5H3. The molecular weight excluding hydrogens is 264 g/mol. The first kappa shape index (κ1) is 15.5. The van der Waals surface area contributed by atoms with E-state index in [-0.39, 0.29) is 0 Å².